The fourth-order valence-electron chi connectivity index (χ4n) is 2.03. The summed E-state index contributed by atoms with van der Waals surface area (Å²) in [6, 6.07) is 14.9. The molecule has 0 aromatic heterocycles. The lowest BCUT2D eigenvalue weighted by Gasteiger charge is -2.13. The predicted molar refractivity (Wildman–Crippen MR) is 87.7 cm³/mol. The van der Waals surface area contributed by atoms with E-state index in [1.807, 2.05) is 48.5 Å². The Labute approximate surface area is 135 Å². The van der Waals surface area contributed by atoms with Crippen LogP contribution >= 0.6 is 0 Å². The zero-order valence-corrected chi connectivity index (χ0v) is 13.3. The maximum absolute atomic E-state index is 10.8. The van der Waals surface area contributed by atoms with E-state index in [2.05, 4.69) is 5.32 Å². The number of carboxylic acids is 1. The lowest BCUT2D eigenvalue weighted by Crippen LogP contribution is -2.33. The van der Waals surface area contributed by atoms with Crippen molar-refractivity contribution in [3.05, 3.63) is 59.7 Å². The molecule has 0 amide bonds. The molecule has 0 aliphatic heterocycles. The maximum Gasteiger partial charge on any atom is 0.320 e. The molecular formula is C18H21NO4. The van der Waals surface area contributed by atoms with E-state index in [0.717, 1.165) is 11.1 Å². The van der Waals surface area contributed by atoms with Crippen molar-refractivity contribution in [1.82, 2.24) is 5.32 Å². The van der Waals surface area contributed by atoms with E-state index in [1.165, 1.54) is 0 Å². The van der Waals surface area contributed by atoms with E-state index >= 15 is 0 Å². The first-order valence-corrected chi connectivity index (χ1v) is 7.40. The topological polar surface area (TPSA) is 67.8 Å². The van der Waals surface area contributed by atoms with Crippen LogP contribution in [-0.2, 0) is 17.9 Å². The summed E-state index contributed by atoms with van der Waals surface area (Å²) in [5.41, 5.74) is 2.01. The predicted octanol–water partition coefficient (Wildman–Crippen LogP) is 2.84. The number of ether oxygens (including phenoxy) is 2. The first-order valence-electron chi connectivity index (χ1n) is 7.40. The third-order valence-electron chi connectivity index (χ3n) is 3.45. The van der Waals surface area contributed by atoms with Gasteiger partial charge in [-0.25, -0.2) is 0 Å². The Kier molecular flexibility index (Phi) is 6.00. The van der Waals surface area contributed by atoms with Crippen molar-refractivity contribution in [3.63, 3.8) is 0 Å². The van der Waals surface area contributed by atoms with Gasteiger partial charge in [-0.05, 0) is 30.2 Å². The molecule has 2 aromatic carbocycles. The maximum atomic E-state index is 10.8. The van der Waals surface area contributed by atoms with Gasteiger partial charge in [0.25, 0.3) is 0 Å². The van der Waals surface area contributed by atoms with Crippen molar-refractivity contribution in [1.29, 1.82) is 0 Å². The number of nitrogens with one attached hydrogen (secondary N) is 1. The van der Waals surface area contributed by atoms with Crippen LogP contribution in [-0.4, -0.2) is 24.2 Å². The van der Waals surface area contributed by atoms with Gasteiger partial charge in [0, 0.05) is 6.54 Å². The molecule has 122 valence electrons. The lowest BCUT2D eigenvalue weighted by molar-refractivity contribution is -0.139. The largest absolute Gasteiger partial charge is 0.493 e. The third kappa shape index (κ3) is 5.00. The molecule has 0 aliphatic carbocycles. The number of aliphatic carboxylic acids is 1. The number of carbonyl (C=O) groups is 1. The van der Waals surface area contributed by atoms with Gasteiger partial charge < -0.3 is 19.9 Å². The number of benzene rings is 2. The minimum atomic E-state index is -0.875. The fourth-order valence-corrected chi connectivity index (χ4v) is 2.03. The molecule has 2 rings (SSSR count). The van der Waals surface area contributed by atoms with E-state index in [0.29, 0.717) is 24.7 Å². The van der Waals surface area contributed by atoms with Gasteiger partial charge in [0.1, 0.15) is 12.6 Å². The van der Waals surface area contributed by atoms with Crippen LogP contribution in [0.2, 0.25) is 0 Å². The van der Waals surface area contributed by atoms with Crippen molar-refractivity contribution >= 4 is 5.97 Å². The summed E-state index contributed by atoms with van der Waals surface area (Å²) in [7, 11) is 1.59. The van der Waals surface area contributed by atoms with E-state index in [9.17, 15) is 4.79 Å². The Morgan fingerprint density at radius 2 is 1.87 bits per heavy atom. The van der Waals surface area contributed by atoms with Crippen molar-refractivity contribution in [2.75, 3.05) is 7.11 Å². The molecule has 0 saturated heterocycles. The minimum Gasteiger partial charge on any atom is -0.493 e. The van der Waals surface area contributed by atoms with Crippen LogP contribution in [0, 0.1) is 0 Å². The van der Waals surface area contributed by atoms with Crippen molar-refractivity contribution in [3.8, 4) is 11.5 Å². The second-order valence-corrected chi connectivity index (χ2v) is 5.20. The summed E-state index contributed by atoms with van der Waals surface area (Å²) in [5, 5.41) is 11.8. The number of hydrogen-bond donors (Lipinski definition) is 2. The first kappa shape index (κ1) is 16.8. The molecule has 1 atom stereocenters. The molecule has 2 N–H and O–H groups in total. The Hall–Kier alpha value is -2.53. The quantitative estimate of drug-likeness (QED) is 0.784. The molecule has 2 aromatic rings. The number of rotatable bonds is 8. The van der Waals surface area contributed by atoms with Gasteiger partial charge in [-0.2, -0.15) is 0 Å². The summed E-state index contributed by atoms with van der Waals surface area (Å²) in [5.74, 6) is 0.411. The Balaban J connectivity index is 2.00. The van der Waals surface area contributed by atoms with Crippen LogP contribution < -0.4 is 14.8 Å². The van der Waals surface area contributed by atoms with Crippen molar-refractivity contribution in [2.24, 2.45) is 0 Å². The van der Waals surface area contributed by atoms with E-state index in [-0.39, 0.29) is 0 Å². The molecular weight excluding hydrogens is 294 g/mol. The summed E-state index contributed by atoms with van der Waals surface area (Å²) in [6.07, 6.45) is 0. The highest BCUT2D eigenvalue weighted by Gasteiger charge is 2.11. The minimum absolute atomic E-state index is 0.447. The third-order valence-corrected chi connectivity index (χ3v) is 3.45. The molecule has 0 fully saturated rings. The molecule has 0 bridgehead atoms. The van der Waals surface area contributed by atoms with Gasteiger partial charge in [-0.1, -0.05) is 36.4 Å². The normalized spacial score (nSPS) is 11.7. The zero-order chi connectivity index (χ0) is 16.7. The van der Waals surface area contributed by atoms with Gasteiger partial charge in [0.15, 0.2) is 11.5 Å². The molecule has 5 heteroatoms. The standard InChI is InChI=1S/C18H21NO4/c1-13(18(20)21)19-11-15-8-9-16(17(10-15)22-2)23-12-14-6-4-3-5-7-14/h3-10,13,19H,11-12H2,1-2H3,(H,20,21). The van der Waals surface area contributed by atoms with Crippen LogP contribution in [0.5, 0.6) is 11.5 Å². The fraction of sp³-hybridized carbons (Fsp3) is 0.278. The lowest BCUT2D eigenvalue weighted by atomic mass is 10.2. The highest BCUT2D eigenvalue weighted by atomic mass is 16.5. The van der Waals surface area contributed by atoms with Gasteiger partial charge in [-0.3, -0.25) is 4.79 Å². The Bertz CT molecular complexity index is 643. The highest BCUT2D eigenvalue weighted by molar-refractivity contribution is 5.72. The van der Waals surface area contributed by atoms with Crippen LogP contribution in [0.3, 0.4) is 0 Å². The molecule has 0 saturated carbocycles. The summed E-state index contributed by atoms with van der Waals surface area (Å²) in [4.78, 5) is 10.8. The zero-order valence-electron chi connectivity index (χ0n) is 13.3. The number of carboxylic acid groups (broad SMARTS) is 1. The van der Waals surface area contributed by atoms with Crippen LogP contribution in [0.25, 0.3) is 0 Å². The summed E-state index contributed by atoms with van der Waals surface area (Å²) < 4.78 is 11.2. The second-order valence-electron chi connectivity index (χ2n) is 5.20. The number of hydrogen-bond acceptors (Lipinski definition) is 4. The van der Waals surface area contributed by atoms with Gasteiger partial charge in [0.05, 0.1) is 7.11 Å². The van der Waals surface area contributed by atoms with E-state index in [4.69, 9.17) is 14.6 Å². The summed E-state index contributed by atoms with van der Waals surface area (Å²) in [6.45, 7) is 2.52. The van der Waals surface area contributed by atoms with Crippen molar-refractivity contribution in [2.45, 2.75) is 26.1 Å². The Morgan fingerprint density at radius 3 is 2.52 bits per heavy atom. The van der Waals surface area contributed by atoms with Gasteiger partial charge in [-0.15, -0.1) is 0 Å². The molecule has 0 spiro atoms. The molecule has 23 heavy (non-hydrogen) atoms. The molecule has 0 radical (unpaired) electrons. The van der Waals surface area contributed by atoms with E-state index < -0.39 is 12.0 Å². The molecule has 0 heterocycles. The molecule has 1 unspecified atom stereocenters. The SMILES string of the molecule is COc1cc(CNC(C)C(=O)O)ccc1OCc1ccccc1. The molecule has 0 aliphatic rings. The first-order chi connectivity index (χ1) is 11.1. The average molecular weight is 315 g/mol. The van der Waals surface area contributed by atoms with Gasteiger partial charge >= 0.3 is 5.97 Å². The summed E-state index contributed by atoms with van der Waals surface area (Å²) >= 11 is 0. The van der Waals surface area contributed by atoms with Crippen LogP contribution in [0.1, 0.15) is 18.1 Å². The second kappa shape index (κ2) is 8.19. The molecule has 5 nitrogen and oxygen atoms in total. The number of methoxy groups -OCH3 is 1. The monoisotopic (exact) mass is 315 g/mol. The van der Waals surface area contributed by atoms with E-state index in [1.54, 1.807) is 14.0 Å². The highest BCUT2D eigenvalue weighted by Crippen LogP contribution is 2.28. The van der Waals surface area contributed by atoms with Crippen LogP contribution in [0.15, 0.2) is 48.5 Å². The van der Waals surface area contributed by atoms with Crippen molar-refractivity contribution < 1.29 is 19.4 Å². The smallest absolute Gasteiger partial charge is 0.320 e. The van der Waals surface area contributed by atoms with Gasteiger partial charge in [0.2, 0.25) is 0 Å². The van der Waals surface area contributed by atoms with Crippen LogP contribution in [0.4, 0.5) is 0 Å². The Morgan fingerprint density at radius 1 is 1.13 bits per heavy atom. The average Bonchev–Trinajstić information content (AvgIpc) is 2.58.